The van der Waals surface area contributed by atoms with Crippen molar-refractivity contribution in [2.24, 2.45) is 0 Å². The average Bonchev–Trinajstić information content (AvgIpc) is 2.99. The molecule has 0 saturated heterocycles. The monoisotopic (exact) mass is 491 g/mol. The first kappa shape index (κ1) is 22.2. The van der Waals surface area contributed by atoms with Crippen LogP contribution in [0.5, 0.6) is 23.0 Å². The first-order chi connectivity index (χ1) is 18.8. The smallest absolute Gasteiger partial charge is 0.136 e. The summed E-state index contributed by atoms with van der Waals surface area (Å²) >= 11 is 0. The fourth-order valence-corrected chi connectivity index (χ4v) is 5.09. The lowest BCUT2D eigenvalue weighted by Crippen LogP contribution is -2.14. The van der Waals surface area contributed by atoms with E-state index in [2.05, 4.69) is 96.3 Å². The van der Waals surface area contributed by atoms with E-state index in [4.69, 9.17) is 9.47 Å². The Balaban J connectivity index is 1.47. The Bertz CT molecular complexity index is 1720. The Labute approximate surface area is 222 Å². The molecule has 0 fully saturated rings. The van der Waals surface area contributed by atoms with Crippen LogP contribution < -0.4 is 14.8 Å². The summed E-state index contributed by atoms with van der Waals surface area (Å²) in [5.41, 5.74) is 8.32. The van der Waals surface area contributed by atoms with Gasteiger partial charge in [0, 0.05) is 40.1 Å². The number of nitrogens with one attached hydrogen (secondary N) is 1. The molecule has 0 aromatic heterocycles. The predicted octanol–water partition coefficient (Wildman–Crippen LogP) is 9.09. The zero-order valence-corrected chi connectivity index (χ0v) is 20.7. The Morgan fingerprint density at radius 1 is 0.474 bits per heavy atom. The molecule has 2 aliphatic rings. The van der Waals surface area contributed by atoms with Crippen LogP contribution in [0.25, 0.3) is 39.1 Å². The maximum atomic E-state index is 6.75. The third-order valence-corrected chi connectivity index (χ3v) is 6.98. The topological polar surface area (TPSA) is 30.5 Å². The summed E-state index contributed by atoms with van der Waals surface area (Å²) in [6, 6.07) is 39.5. The molecule has 7 rings (SSSR count). The highest BCUT2D eigenvalue weighted by molar-refractivity contribution is 5.85. The molecular weight excluding hydrogens is 466 g/mol. The highest BCUT2D eigenvalue weighted by atomic mass is 16.5. The molecule has 0 aliphatic carbocycles. The Kier molecular flexibility index (Phi) is 5.52. The predicted molar refractivity (Wildman–Crippen MR) is 154 cm³/mol. The summed E-state index contributed by atoms with van der Waals surface area (Å²) < 4.78 is 13.5. The molecule has 3 heteroatoms. The van der Waals surface area contributed by atoms with Gasteiger partial charge in [-0.2, -0.15) is 0 Å². The lowest BCUT2D eigenvalue weighted by molar-refractivity contribution is 0.472. The number of hydrogen-bond acceptors (Lipinski definition) is 3. The quantitative estimate of drug-likeness (QED) is 0.262. The molecule has 38 heavy (non-hydrogen) atoms. The molecule has 1 N–H and O–H groups in total. The number of allylic oxidation sites excluding steroid dienone is 2. The summed E-state index contributed by atoms with van der Waals surface area (Å²) in [5.74, 6) is 3.15. The van der Waals surface area contributed by atoms with Gasteiger partial charge in [-0.3, -0.25) is 0 Å². The van der Waals surface area contributed by atoms with Crippen LogP contribution in [-0.2, 0) is 0 Å². The van der Waals surface area contributed by atoms with Crippen LogP contribution in [0, 0.1) is 0 Å². The molecule has 0 bridgehead atoms. The Morgan fingerprint density at radius 3 is 1.66 bits per heavy atom. The van der Waals surface area contributed by atoms with Gasteiger partial charge in [-0.15, -0.1) is 0 Å². The minimum absolute atomic E-state index is 0.781. The maximum Gasteiger partial charge on any atom is 0.136 e. The van der Waals surface area contributed by atoms with E-state index in [9.17, 15) is 0 Å². The zero-order valence-electron chi connectivity index (χ0n) is 20.7. The van der Waals surface area contributed by atoms with Crippen molar-refractivity contribution in [3.8, 4) is 56.4 Å². The molecule has 0 saturated carbocycles. The standard InChI is InChI=1S/C35H25NO2/c1-2-10-24(11-3-1)25-17-19-29-30-20-18-26(31-14-8-9-21-36-31)23-35(30)38-33-16-7-5-13-28(33)27-12-4-6-15-32(27)37-34(29)22-25/h1-20,22-23,36H,21H2. The zero-order chi connectivity index (χ0) is 25.3. The van der Waals surface area contributed by atoms with Crippen molar-refractivity contribution in [3.63, 3.8) is 0 Å². The normalized spacial score (nSPS) is 13.3. The van der Waals surface area contributed by atoms with Gasteiger partial charge >= 0.3 is 0 Å². The van der Waals surface area contributed by atoms with Gasteiger partial charge in [0.05, 0.1) is 0 Å². The Morgan fingerprint density at radius 2 is 1.03 bits per heavy atom. The summed E-state index contributed by atoms with van der Waals surface area (Å²) in [5, 5.41) is 3.46. The van der Waals surface area contributed by atoms with E-state index in [1.54, 1.807) is 0 Å². The van der Waals surface area contributed by atoms with Crippen molar-refractivity contribution in [1.82, 2.24) is 5.32 Å². The average molecular weight is 492 g/mol. The largest absolute Gasteiger partial charge is 0.456 e. The van der Waals surface area contributed by atoms with Gasteiger partial charge in [0.2, 0.25) is 0 Å². The summed E-state index contributed by atoms with van der Waals surface area (Å²) in [7, 11) is 0. The van der Waals surface area contributed by atoms with E-state index in [-0.39, 0.29) is 0 Å². The van der Waals surface area contributed by atoms with Gasteiger partial charge in [0.15, 0.2) is 0 Å². The lowest BCUT2D eigenvalue weighted by atomic mass is 9.96. The number of ether oxygens (including phenoxy) is 2. The van der Waals surface area contributed by atoms with Crippen molar-refractivity contribution in [2.75, 3.05) is 6.54 Å². The summed E-state index contributed by atoms with van der Waals surface area (Å²) in [6.45, 7) is 0.808. The van der Waals surface area contributed by atoms with Crippen LogP contribution in [0.3, 0.4) is 0 Å². The first-order valence-corrected chi connectivity index (χ1v) is 12.8. The van der Waals surface area contributed by atoms with E-state index in [0.717, 1.165) is 74.2 Å². The van der Waals surface area contributed by atoms with Crippen LogP contribution in [0.4, 0.5) is 0 Å². The van der Waals surface area contributed by atoms with Crippen molar-refractivity contribution < 1.29 is 9.47 Å². The van der Waals surface area contributed by atoms with Gasteiger partial charge in [-0.05, 0) is 53.6 Å². The summed E-state index contributed by atoms with van der Waals surface area (Å²) in [4.78, 5) is 0. The van der Waals surface area contributed by atoms with Crippen LogP contribution in [0.2, 0.25) is 0 Å². The van der Waals surface area contributed by atoms with Gasteiger partial charge in [-0.1, -0.05) is 91.0 Å². The van der Waals surface area contributed by atoms with Crippen molar-refractivity contribution in [2.45, 2.75) is 0 Å². The van der Waals surface area contributed by atoms with E-state index in [1.807, 2.05) is 42.5 Å². The molecular formula is C35H25NO2. The number of dihydropyridines is 1. The third-order valence-electron chi connectivity index (χ3n) is 6.98. The second-order valence-electron chi connectivity index (χ2n) is 9.37. The molecule has 3 nitrogen and oxygen atoms in total. The van der Waals surface area contributed by atoms with Crippen LogP contribution in [0.15, 0.2) is 133 Å². The first-order valence-electron chi connectivity index (χ1n) is 12.8. The molecule has 0 radical (unpaired) electrons. The minimum Gasteiger partial charge on any atom is -0.456 e. The van der Waals surface area contributed by atoms with E-state index < -0.39 is 0 Å². The summed E-state index contributed by atoms with van der Waals surface area (Å²) in [6.07, 6.45) is 6.28. The van der Waals surface area contributed by atoms with Gasteiger partial charge in [-0.25, -0.2) is 0 Å². The second kappa shape index (κ2) is 9.45. The number of rotatable bonds is 2. The van der Waals surface area contributed by atoms with E-state index >= 15 is 0 Å². The van der Waals surface area contributed by atoms with Crippen LogP contribution in [0.1, 0.15) is 5.56 Å². The molecule has 5 aromatic rings. The number of hydrogen-bond donors (Lipinski definition) is 1. The maximum absolute atomic E-state index is 6.75. The van der Waals surface area contributed by atoms with Crippen LogP contribution >= 0.6 is 0 Å². The molecule has 182 valence electrons. The minimum atomic E-state index is 0.781. The molecule has 5 aromatic carbocycles. The van der Waals surface area contributed by atoms with Gasteiger partial charge < -0.3 is 14.8 Å². The van der Waals surface area contributed by atoms with E-state index in [1.165, 1.54) is 0 Å². The van der Waals surface area contributed by atoms with E-state index in [0.29, 0.717) is 0 Å². The highest BCUT2D eigenvalue weighted by Gasteiger charge is 2.21. The van der Waals surface area contributed by atoms with Crippen molar-refractivity contribution in [1.29, 1.82) is 0 Å². The third kappa shape index (κ3) is 4.04. The molecule has 0 spiro atoms. The SMILES string of the molecule is C1=CCNC(c2ccc3c(c2)Oc2ccccc2-c2ccccc2Oc2cc(-c4ccccc4)ccc2-3)=C1. The lowest BCUT2D eigenvalue weighted by Gasteiger charge is -2.22. The second-order valence-corrected chi connectivity index (χ2v) is 9.37. The molecule has 0 unspecified atom stereocenters. The van der Waals surface area contributed by atoms with Crippen LogP contribution in [-0.4, -0.2) is 6.54 Å². The molecule has 2 heterocycles. The molecule has 0 atom stereocenters. The highest BCUT2D eigenvalue weighted by Crippen LogP contribution is 2.48. The van der Waals surface area contributed by atoms with Gasteiger partial charge in [0.25, 0.3) is 0 Å². The van der Waals surface area contributed by atoms with Gasteiger partial charge in [0.1, 0.15) is 23.0 Å². The van der Waals surface area contributed by atoms with Crippen molar-refractivity contribution >= 4 is 5.70 Å². The number of benzene rings is 5. The molecule has 0 amide bonds. The fraction of sp³-hybridized carbons (Fsp3) is 0.0286. The fourth-order valence-electron chi connectivity index (χ4n) is 5.09. The Hall–Kier alpha value is -5.02. The number of fused-ring (bicyclic) bond motifs is 6. The number of para-hydroxylation sites is 2. The van der Waals surface area contributed by atoms with Crippen molar-refractivity contribution in [3.05, 3.63) is 139 Å². The molecule has 2 aliphatic heterocycles.